The molecule has 0 aromatic rings. The Bertz CT molecular complexity index is 168. The zero-order valence-electron chi connectivity index (χ0n) is 8.59. The summed E-state index contributed by atoms with van der Waals surface area (Å²) in [4.78, 5) is 11.4. The van der Waals surface area contributed by atoms with Gasteiger partial charge in [0.05, 0.1) is 0 Å². The van der Waals surface area contributed by atoms with E-state index in [4.69, 9.17) is 5.11 Å². The molecule has 1 aliphatic rings. The largest absolute Gasteiger partial charge is 0.396 e. The van der Waals surface area contributed by atoms with E-state index >= 15 is 0 Å². The fraction of sp³-hybridized carbons (Fsp3) is 0.900. The number of piperidine rings is 1. The molecule has 0 aliphatic carbocycles. The molecule has 14 heavy (non-hydrogen) atoms. The molecule has 0 unspecified atom stereocenters. The highest BCUT2D eigenvalue weighted by molar-refractivity contribution is 5.76. The fourth-order valence-electron chi connectivity index (χ4n) is 1.66. The van der Waals surface area contributed by atoms with Crippen molar-refractivity contribution in [3.63, 3.8) is 0 Å². The van der Waals surface area contributed by atoms with Gasteiger partial charge in [0.1, 0.15) is 0 Å². The molecule has 82 valence electrons. The highest BCUT2D eigenvalue weighted by atomic mass is 16.2. The lowest BCUT2D eigenvalue weighted by atomic mass is 10.1. The second kappa shape index (κ2) is 6.79. The zero-order valence-corrected chi connectivity index (χ0v) is 8.59. The van der Waals surface area contributed by atoms with E-state index in [1.54, 1.807) is 0 Å². The molecule has 4 nitrogen and oxygen atoms in total. The van der Waals surface area contributed by atoms with Gasteiger partial charge in [-0.1, -0.05) is 0 Å². The maximum absolute atomic E-state index is 11.4. The molecule has 0 bridgehead atoms. The molecule has 0 radical (unpaired) electrons. The van der Waals surface area contributed by atoms with Gasteiger partial charge in [0.25, 0.3) is 0 Å². The number of carbonyl (C=O) groups is 1. The van der Waals surface area contributed by atoms with Crippen molar-refractivity contribution in [3.8, 4) is 0 Å². The SMILES string of the molecule is O=C(CCCCO)NC1CCNCC1. The van der Waals surface area contributed by atoms with E-state index < -0.39 is 0 Å². The van der Waals surface area contributed by atoms with E-state index in [2.05, 4.69) is 10.6 Å². The summed E-state index contributed by atoms with van der Waals surface area (Å²) < 4.78 is 0. The molecule has 1 rings (SSSR count). The number of carbonyl (C=O) groups excluding carboxylic acids is 1. The number of hydrogen-bond acceptors (Lipinski definition) is 3. The van der Waals surface area contributed by atoms with Crippen molar-refractivity contribution in [2.75, 3.05) is 19.7 Å². The van der Waals surface area contributed by atoms with Crippen LogP contribution in [0.1, 0.15) is 32.1 Å². The number of unbranched alkanes of at least 4 members (excludes halogenated alkanes) is 1. The van der Waals surface area contributed by atoms with Crippen LogP contribution in [0.5, 0.6) is 0 Å². The summed E-state index contributed by atoms with van der Waals surface area (Å²) >= 11 is 0. The fourth-order valence-corrected chi connectivity index (χ4v) is 1.66. The van der Waals surface area contributed by atoms with Crippen molar-refractivity contribution < 1.29 is 9.90 Å². The molecule has 0 aromatic carbocycles. The second-order valence-electron chi connectivity index (χ2n) is 3.77. The van der Waals surface area contributed by atoms with Gasteiger partial charge in [-0.25, -0.2) is 0 Å². The first-order valence-corrected chi connectivity index (χ1v) is 5.44. The molecular formula is C10H20N2O2. The predicted molar refractivity (Wildman–Crippen MR) is 55.0 cm³/mol. The molecule has 0 atom stereocenters. The van der Waals surface area contributed by atoms with Gasteiger partial charge in [-0.15, -0.1) is 0 Å². The lowest BCUT2D eigenvalue weighted by Gasteiger charge is -2.23. The second-order valence-corrected chi connectivity index (χ2v) is 3.77. The molecule has 0 saturated carbocycles. The first-order valence-electron chi connectivity index (χ1n) is 5.44. The van der Waals surface area contributed by atoms with Crippen LogP contribution in [0.15, 0.2) is 0 Å². The van der Waals surface area contributed by atoms with Gasteiger partial charge in [-0.3, -0.25) is 4.79 Å². The summed E-state index contributed by atoms with van der Waals surface area (Å²) in [5, 5.41) is 14.8. The van der Waals surface area contributed by atoms with Crippen LogP contribution in [0.4, 0.5) is 0 Å². The third-order valence-electron chi connectivity index (χ3n) is 2.52. The van der Waals surface area contributed by atoms with Gasteiger partial charge in [-0.2, -0.15) is 0 Å². The quantitative estimate of drug-likeness (QED) is 0.548. The molecule has 0 aromatic heterocycles. The molecule has 1 aliphatic heterocycles. The Morgan fingerprint density at radius 1 is 1.36 bits per heavy atom. The average molecular weight is 200 g/mol. The molecule has 1 saturated heterocycles. The third-order valence-corrected chi connectivity index (χ3v) is 2.52. The van der Waals surface area contributed by atoms with Gasteiger partial charge in [-0.05, 0) is 38.8 Å². The van der Waals surface area contributed by atoms with E-state index in [0.29, 0.717) is 12.5 Å². The van der Waals surface area contributed by atoms with Crippen LogP contribution in [0.2, 0.25) is 0 Å². The van der Waals surface area contributed by atoms with Gasteiger partial charge in [0.2, 0.25) is 5.91 Å². The van der Waals surface area contributed by atoms with E-state index in [1.807, 2.05) is 0 Å². The number of aliphatic hydroxyl groups excluding tert-OH is 1. The summed E-state index contributed by atoms with van der Waals surface area (Å²) in [5.41, 5.74) is 0. The third kappa shape index (κ3) is 4.58. The number of aliphatic hydroxyl groups is 1. The summed E-state index contributed by atoms with van der Waals surface area (Å²) in [7, 11) is 0. The van der Waals surface area contributed by atoms with Crippen molar-refractivity contribution in [2.24, 2.45) is 0 Å². The molecule has 4 heteroatoms. The van der Waals surface area contributed by atoms with Crippen LogP contribution in [-0.4, -0.2) is 36.8 Å². The smallest absolute Gasteiger partial charge is 0.220 e. The minimum Gasteiger partial charge on any atom is -0.396 e. The van der Waals surface area contributed by atoms with Crippen LogP contribution in [-0.2, 0) is 4.79 Å². The first-order chi connectivity index (χ1) is 6.83. The van der Waals surface area contributed by atoms with E-state index in [9.17, 15) is 4.79 Å². The molecule has 1 amide bonds. The van der Waals surface area contributed by atoms with Crippen molar-refractivity contribution in [3.05, 3.63) is 0 Å². The first kappa shape index (κ1) is 11.5. The normalized spacial score (nSPS) is 18.1. The standard InChI is InChI=1S/C10H20N2O2/c13-8-2-1-3-10(14)12-9-4-6-11-7-5-9/h9,11,13H,1-8H2,(H,12,14). The van der Waals surface area contributed by atoms with Gasteiger partial charge in [0, 0.05) is 19.1 Å². The molecule has 0 spiro atoms. The Morgan fingerprint density at radius 3 is 2.71 bits per heavy atom. The van der Waals surface area contributed by atoms with Crippen molar-refractivity contribution in [1.82, 2.24) is 10.6 Å². The summed E-state index contributed by atoms with van der Waals surface area (Å²) in [6, 6.07) is 0.359. The molecule has 1 fully saturated rings. The lowest BCUT2D eigenvalue weighted by Crippen LogP contribution is -2.42. The maximum atomic E-state index is 11.4. The summed E-state index contributed by atoms with van der Waals surface area (Å²) in [6.07, 6.45) is 4.12. The summed E-state index contributed by atoms with van der Waals surface area (Å²) in [5.74, 6) is 0.130. The van der Waals surface area contributed by atoms with Gasteiger partial charge in [0.15, 0.2) is 0 Å². The minimum absolute atomic E-state index is 0.130. The monoisotopic (exact) mass is 200 g/mol. The van der Waals surface area contributed by atoms with Crippen LogP contribution in [0.25, 0.3) is 0 Å². The number of hydrogen-bond donors (Lipinski definition) is 3. The Labute approximate surface area is 85.1 Å². The van der Waals surface area contributed by atoms with Gasteiger partial charge < -0.3 is 15.7 Å². The Balaban J connectivity index is 2.06. The Kier molecular flexibility index (Phi) is 5.56. The van der Waals surface area contributed by atoms with Crippen molar-refractivity contribution in [2.45, 2.75) is 38.1 Å². The van der Waals surface area contributed by atoms with Crippen molar-refractivity contribution in [1.29, 1.82) is 0 Å². The lowest BCUT2D eigenvalue weighted by molar-refractivity contribution is -0.122. The van der Waals surface area contributed by atoms with Crippen LogP contribution in [0, 0.1) is 0 Å². The maximum Gasteiger partial charge on any atom is 0.220 e. The van der Waals surface area contributed by atoms with Crippen LogP contribution < -0.4 is 10.6 Å². The predicted octanol–water partition coefficient (Wildman–Crippen LogP) is 0.0172. The highest BCUT2D eigenvalue weighted by Gasteiger charge is 2.14. The Morgan fingerprint density at radius 2 is 2.07 bits per heavy atom. The van der Waals surface area contributed by atoms with Crippen LogP contribution in [0.3, 0.4) is 0 Å². The molecule has 1 heterocycles. The van der Waals surface area contributed by atoms with E-state index in [0.717, 1.165) is 38.8 Å². The molecular weight excluding hydrogens is 180 g/mol. The summed E-state index contributed by atoms with van der Waals surface area (Å²) in [6.45, 7) is 2.18. The van der Waals surface area contributed by atoms with E-state index in [1.165, 1.54) is 0 Å². The number of nitrogens with one attached hydrogen (secondary N) is 2. The zero-order chi connectivity index (χ0) is 10.2. The number of amides is 1. The highest BCUT2D eigenvalue weighted by Crippen LogP contribution is 2.03. The molecule has 3 N–H and O–H groups in total. The average Bonchev–Trinajstić information content (AvgIpc) is 2.20. The van der Waals surface area contributed by atoms with Crippen LogP contribution >= 0.6 is 0 Å². The minimum atomic E-state index is 0.130. The van der Waals surface area contributed by atoms with Gasteiger partial charge >= 0.3 is 0 Å². The van der Waals surface area contributed by atoms with E-state index in [-0.39, 0.29) is 12.5 Å². The topological polar surface area (TPSA) is 61.4 Å². The number of rotatable bonds is 5. The van der Waals surface area contributed by atoms with Crippen molar-refractivity contribution >= 4 is 5.91 Å². The Hall–Kier alpha value is -0.610.